The zero-order valence-electron chi connectivity index (χ0n) is 8.55. The molecule has 1 rings (SSSR count). The van der Waals surface area contributed by atoms with Crippen LogP contribution in [0.5, 0.6) is 0 Å². The smallest absolute Gasteiger partial charge is 0.407 e. The van der Waals surface area contributed by atoms with Crippen LogP contribution in [0.2, 0.25) is 0 Å². The van der Waals surface area contributed by atoms with Gasteiger partial charge in [-0.2, -0.15) is 0 Å². The van der Waals surface area contributed by atoms with Gasteiger partial charge < -0.3 is 19.8 Å². The number of carboxylic acid groups (broad SMARTS) is 1. The number of rotatable bonds is 2. The number of ether oxygens (including phenoxy) is 1. The Labute approximate surface area is 87.4 Å². The molecular formula is C9H15NO5. The third-order valence-corrected chi connectivity index (χ3v) is 2.70. The van der Waals surface area contributed by atoms with E-state index in [1.165, 1.54) is 7.11 Å². The lowest BCUT2D eigenvalue weighted by molar-refractivity contribution is -0.147. The normalized spacial score (nSPS) is 26.1. The molecule has 0 radical (unpaired) electrons. The van der Waals surface area contributed by atoms with Crippen LogP contribution in [0.3, 0.4) is 0 Å². The lowest BCUT2D eigenvalue weighted by Gasteiger charge is -2.35. The molecule has 1 fully saturated rings. The van der Waals surface area contributed by atoms with E-state index in [-0.39, 0.29) is 13.2 Å². The second-order valence-corrected chi connectivity index (χ2v) is 3.57. The van der Waals surface area contributed by atoms with Crippen molar-refractivity contribution in [3.05, 3.63) is 0 Å². The average molecular weight is 217 g/mol. The zero-order valence-corrected chi connectivity index (χ0v) is 8.55. The van der Waals surface area contributed by atoms with Crippen LogP contribution in [0.25, 0.3) is 0 Å². The first kappa shape index (κ1) is 11.8. The Morgan fingerprint density at radius 3 is 2.60 bits per heavy atom. The maximum Gasteiger partial charge on any atom is 0.407 e. The standard InChI is InChI=1S/C9H15NO5/c1-15-8(12)6-2-3-7(5-11)10(4-6)9(13)14/h6-7,11H,2-5H2,1H3,(H,13,14). The molecule has 6 nitrogen and oxygen atoms in total. The number of methoxy groups -OCH3 is 1. The van der Waals surface area contributed by atoms with Gasteiger partial charge in [-0.05, 0) is 12.8 Å². The maximum absolute atomic E-state index is 11.2. The molecule has 2 atom stereocenters. The monoisotopic (exact) mass is 217 g/mol. The third-order valence-electron chi connectivity index (χ3n) is 2.70. The number of hydrogen-bond acceptors (Lipinski definition) is 4. The number of likely N-dealkylation sites (tertiary alicyclic amines) is 1. The first-order valence-electron chi connectivity index (χ1n) is 4.78. The summed E-state index contributed by atoms with van der Waals surface area (Å²) < 4.78 is 4.57. The maximum atomic E-state index is 11.2. The van der Waals surface area contributed by atoms with E-state index in [2.05, 4.69) is 4.74 Å². The van der Waals surface area contributed by atoms with Gasteiger partial charge in [0.05, 0.1) is 25.7 Å². The zero-order chi connectivity index (χ0) is 11.4. The van der Waals surface area contributed by atoms with Crippen molar-refractivity contribution < 1.29 is 24.5 Å². The summed E-state index contributed by atoms with van der Waals surface area (Å²) in [5.74, 6) is -0.800. The van der Waals surface area contributed by atoms with Gasteiger partial charge in [-0.25, -0.2) is 4.79 Å². The molecule has 1 aliphatic heterocycles. The summed E-state index contributed by atoms with van der Waals surface area (Å²) in [6.45, 7) is -0.104. The third kappa shape index (κ3) is 2.59. The van der Waals surface area contributed by atoms with Crippen LogP contribution in [-0.4, -0.2) is 53.5 Å². The van der Waals surface area contributed by atoms with Crippen molar-refractivity contribution in [2.45, 2.75) is 18.9 Å². The fourth-order valence-electron chi connectivity index (χ4n) is 1.81. The number of amides is 1. The minimum atomic E-state index is -1.11. The molecule has 0 saturated carbocycles. The fourth-order valence-corrected chi connectivity index (χ4v) is 1.81. The van der Waals surface area contributed by atoms with Crippen molar-refractivity contribution in [2.24, 2.45) is 5.92 Å². The molecular weight excluding hydrogens is 202 g/mol. The first-order chi connectivity index (χ1) is 7.10. The molecule has 0 aromatic carbocycles. The number of aliphatic hydroxyl groups excluding tert-OH is 1. The van der Waals surface area contributed by atoms with Crippen molar-refractivity contribution in [2.75, 3.05) is 20.3 Å². The quantitative estimate of drug-likeness (QED) is 0.631. The Morgan fingerprint density at radius 2 is 2.13 bits per heavy atom. The molecule has 0 aliphatic carbocycles. The van der Waals surface area contributed by atoms with Crippen molar-refractivity contribution in [3.8, 4) is 0 Å². The number of nitrogens with zero attached hydrogens (tertiary/aromatic N) is 1. The van der Waals surface area contributed by atoms with E-state index in [0.717, 1.165) is 4.90 Å². The van der Waals surface area contributed by atoms with E-state index in [4.69, 9.17) is 10.2 Å². The minimum Gasteiger partial charge on any atom is -0.469 e. The van der Waals surface area contributed by atoms with Crippen LogP contribution in [0.15, 0.2) is 0 Å². The number of aliphatic hydroxyl groups is 1. The summed E-state index contributed by atoms with van der Waals surface area (Å²) in [5.41, 5.74) is 0. The second-order valence-electron chi connectivity index (χ2n) is 3.57. The van der Waals surface area contributed by atoms with Crippen LogP contribution in [0.1, 0.15) is 12.8 Å². The van der Waals surface area contributed by atoms with E-state index in [1.807, 2.05) is 0 Å². The van der Waals surface area contributed by atoms with Crippen LogP contribution < -0.4 is 0 Å². The SMILES string of the molecule is COC(=O)C1CCC(CO)N(C(=O)O)C1. The molecule has 1 saturated heterocycles. The Balaban J connectivity index is 2.65. The summed E-state index contributed by atoms with van der Waals surface area (Å²) >= 11 is 0. The largest absolute Gasteiger partial charge is 0.469 e. The van der Waals surface area contributed by atoms with Gasteiger partial charge in [0.15, 0.2) is 0 Å². The molecule has 1 aliphatic rings. The molecule has 6 heteroatoms. The summed E-state index contributed by atoms with van der Waals surface area (Å²) in [6.07, 6.45) is -0.0628. The lowest BCUT2D eigenvalue weighted by Crippen LogP contribution is -2.49. The van der Waals surface area contributed by atoms with Crippen LogP contribution in [-0.2, 0) is 9.53 Å². The van der Waals surface area contributed by atoms with Crippen LogP contribution in [0, 0.1) is 5.92 Å². The van der Waals surface area contributed by atoms with Gasteiger partial charge in [0.2, 0.25) is 0 Å². The van der Waals surface area contributed by atoms with Crippen molar-refractivity contribution in [1.82, 2.24) is 4.90 Å². The highest BCUT2D eigenvalue weighted by Crippen LogP contribution is 2.22. The van der Waals surface area contributed by atoms with E-state index in [9.17, 15) is 9.59 Å². The number of carbonyl (C=O) groups excluding carboxylic acids is 1. The second kappa shape index (κ2) is 4.97. The highest BCUT2D eigenvalue weighted by atomic mass is 16.5. The molecule has 0 spiro atoms. The van der Waals surface area contributed by atoms with Gasteiger partial charge in [-0.1, -0.05) is 0 Å². The Hall–Kier alpha value is -1.30. The number of piperidine rings is 1. The number of esters is 1. The minimum absolute atomic E-state index is 0.104. The molecule has 1 amide bonds. The van der Waals surface area contributed by atoms with Gasteiger partial charge in [0.25, 0.3) is 0 Å². The van der Waals surface area contributed by atoms with Crippen LogP contribution >= 0.6 is 0 Å². The van der Waals surface area contributed by atoms with Gasteiger partial charge in [0, 0.05) is 6.54 Å². The molecule has 15 heavy (non-hydrogen) atoms. The topological polar surface area (TPSA) is 87.1 Å². The summed E-state index contributed by atoms with van der Waals surface area (Å²) in [4.78, 5) is 23.2. The van der Waals surface area contributed by atoms with Crippen molar-refractivity contribution >= 4 is 12.1 Å². The predicted molar refractivity (Wildman–Crippen MR) is 50.3 cm³/mol. The molecule has 2 unspecified atom stereocenters. The Kier molecular flexibility index (Phi) is 3.90. The number of hydrogen-bond donors (Lipinski definition) is 2. The van der Waals surface area contributed by atoms with Gasteiger partial charge in [-0.3, -0.25) is 4.79 Å². The lowest BCUT2D eigenvalue weighted by atomic mass is 9.93. The van der Waals surface area contributed by atoms with Crippen LogP contribution in [0.4, 0.5) is 4.79 Å². The average Bonchev–Trinajstić information content (AvgIpc) is 2.27. The van der Waals surface area contributed by atoms with E-state index < -0.39 is 24.0 Å². The van der Waals surface area contributed by atoms with Gasteiger partial charge >= 0.3 is 12.1 Å². The predicted octanol–water partition coefficient (Wildman–Crippen LogP) is -0.0897. The van der Waals surface area contributed by atoms with Crippen molar-refractivity contribution in [1.29, 1.82) is 0 Å². The first-order valence-corrected chi connectivity index (χ1v) is 4.78. The Bertz CT molecular complexity index is 255. The molecule has 1 heterocycles. The van der Waals surface area contributed by atoms with Gasteiger partial charge in [-0.15, -0.1) is 0 Å². The fraction of sp³-hybridized carbons (Fsp3) is 0.778. The van der Waals surface area contributed by atoms with E-state index in [0.29, 0.717) is 12.8 Å². The molecule has 2 N–H and O–H groups in total. The summed E-state index contributed by atoms with van der Waals surface area (Å²) in [5, 5.41) is 17.8. The summed E-state index contributed by atoms with van der Waals surface area (Å²) in [7, 11) is 1.28. The van der Waals surface area contributed by atoms with Crippen molar-refractivity contribution in [3.63, 3.8) is 0 Å². The molecule has 0 aromatic heterocycles. The number of carbonyl (C=O) groups is 2. The van der Waals surface area contributed by atoms with E-state index >= 15 is 0 Å². The van der Waals surface area contributed by atoms with Gasteiger partial charge in [0.1, 0.15) is 0 Å². The molecule has 0 aromatic rings. The summed E-state index contributed by atoms with van der Waals surface area (Å²) in [6, 6.07) is -0.400. The molecule has 86 valence electrons. The Morgan fingerprint density at radius 1 is 1.47 bits per heavy atom. The highest BCUT2D eigenvalue weighted by Gasteiger charge is 2.34. The highest BCUT2D eigenvalue weighted by molar-refractivity contribution is 5.74. The molecule has 0 bridgehead atoms. The van der Waals surface area contributed by atoms with E-state index in [1.54, 1.807) is 0 Å².